The fraction of sp³-hybridized carbons (Fsp3) is 0.706. The maximum atomic E-state index is 11.5. The summed E-state index contributed by atoms with van der Waals surface area (Å²) in [7, 11) is 0. The van der Waals surface area contributed by atoms with Crippen molar-refractivity contribution in [3.05, 3.63) is 24.3 Å². The molecule has 0 radical (unpaired) electrons. The second kappa shape index (κ2) is 8.83. The van der Waals surface area contributed by atoms with E-state index in [1.165, 1.54) is 12.8 Å². The van der Waals surface area contributed by atoms with Gasteiger partial charge in [0, 0.05) is 0 Å². The van der Waals surface area contributed by atoms with E-state index < -0.39 is 6.16 Å². The molecule has 2 unspecified atom stereocenters. The third-order valence-electron chi connectivity index (χ3n) is 4.25. The average molecular weight is 278 g/mol. The topological polar surface area (TPSA) is 35.5 Å². The Morgan fingerprint density at radius 2 is 1.35 bits per heavy atom. The van der Waals surface area contributed by atoms with E-state index in [2.05, 4.69) is 24.3 Å². The molecule has 0 N–H and O–H groups in total. The molecule has 0 spiro atoms. The van der Waals surface area contributed by atoms with Gasteiger partial charge in [-0.1, -0.05) is 24.3 Å². The van der Waals surface area contributed by atoms with E-state index >= 15 is 0 Å². The first-order valence-electron chi connectivity index (χ1n) is 7.94. The highest BCUT2D eigenvalue weighted by atomic mass is 16.7. The standard InChI is InChI=1S/C17H26O3/c18-17(19-13-11-15-7-3-1-4-8-15)20-14-12-16-9-5-2-6-10-16/h1-3,5,15-16H,4,6-14H2. The second-order valence-corrected chi connectivity index (χ2v) is 5.83. The number of rotatable bonds is 6. The van der Waals surface area contributed by atoms with Gasteiger partial charge in [0.25, 0.3) is 0 Å². The zero-order valence-corrected chi connectivity index (χ0v) is 12.3. The van der Waals surface area contributed by atoms with Gasteiger partial charge < -0.3 is 9.47 Å². The average Bonchev–Trinajstić information content (AvgIpc) is 2.49. The van der Waals surface area contributed by atoms with Gasteiger partial charge in [-0.15, -0.1) is 0 Å². The molecule has 2 rings (SSSR count). The lowest BCUT2D eigenvalue weighted by atomic mass is 9.92. The van der Waals surface area contributed by atoms with Crippen LogP contribution < -0.4 is 0 Å². The van der Waals surface area contributed by atoms with E-state index in [1.54, 1.807) is 0 Å². The fourth-order valence-electron chi connectivity index (χ4n) is 2.90. The van der Waals surface area contributed by atoms with Crippen LogP contribution in [0, 0.1) is 11.8 Å². The number of carbonyl (C=O) groups excluding carboxylic acids is 1. The summed E-state index contributed by atoms with van der Waals surface area (Å²) < 4.78 is 10.3. The van der Waals surface area contributed by atoms with Crippen molar-refractivity contribution >= 4 is 6.16 Å². The molecule has 0 aromatic heterocycles. The van der Waals surface area contributed by atoms with Gasteiger partial charge in [-0.3, -0.25) is 0 Å². The van der Waals surface area contributed by atoms with Crippen LogP contribution in [0.1, 0.15) is 51.4 Å². The number of carbonyl (C=O) groups is 1. The maximum Gasteiger partial charge on any atom is 0.508 e. The molecule has 2 atom stereocenters. The van der Waals surface area contributed by atoms with Crippen LogP contribution >= 0.6 is 0 Å². The fourth-order valence-corrected chi connectivity index (χ4v) is 2.90. The van der Waals surface area contributed by atoms with Gasteiger partial charge >= 0.3 is 6.16 Å². The predicted molar refractivity (Wildman–Crippen MR) is 79.5 cm³/mol. The summed E-state index contributed by atoms with van der Waals surface area (Å²) in [5, 5.41) is 0. The number of hydrogen-bond acceptors (Lipinski definition) is 3. The van der Waals surface area contributed by atoms with Gasteiger partial charge in [0.2, 0.25) is 0 Å². The Morgan fingerprint density at radius 1 is 0.850 bits per heavy atom. The third kappa shape index (κ3) is 5.81. The molecule has 112 valence electrons. The van der Waals surface area contributed by atoms with E-state index in [0.29, 0.717) is 25.0 Å². The third-order valence-corrected chi connectivity index (χ3v) is 4.25. The summed E-state index contributed by atoms with van der Waals surface area (Å²) in [5.41, 5.74) is 0. The first-order chi connectivity index (χ1) is 9.84. The van der Waals surface area contributed by atoms with Crippen molar-refractivity contribution in [1.29, 1.82) is 0 Å². The minimum absolute atomic E-state index is 0.490. The molecule has 3 heteroatoms. The molecule has 0 saturated carbocycles. The summed E-state index contributed by atoms with van der Waals surface area (Å²) in [6.07, 6.45) is 17.3. The number of hydrogen-bond donors (Lipinski definition) is 0. The molecule has 0 fully saturated rings. The molecule has 2 aliphatic carbocycles. The van der Waals surface area contributed by atoms with Crippen molar-refractivity contribution < 1.29 is 14.3 Å². The molecule has 0 bridgehead atoms. The smallest absolute Gasteiger partial charge is 0.434 e. The zero-order valence-electron chi connectivity index (χ0n) is 12.3. The minimum atomic E-state index is -0.497. The summed E-state index contributed by atoms with van der Waals surface area (Å²) in [5.74, 6) is 1.34. The van der Waals surface area contributed by atoms with Crippen molar-refractivity contribution in [2.45, 2.75) is 51.4 Å². The first-order valence-corrected chi connectivity index (χ1v) is 7.94. The van der Waals surface area contributed by atoms with Crippen molar-refractivity contribution in [2.75, 3.05) is 13.2 Å². The molecule has 3 nitrogen and oxygen atoms in total. The normalized spacial score (nSPS) is 25.4. The Labute approximate surface area is 122 Å². The Morgan fingerprint density at radius 3 is 1.75 bits per heavy atom. The molecular weight excluding hydrogens is 252 g/mol. The highest BCUT2D eigenvalue weighted by Gasteiger charge is 2.13. The Balaban J connectivity index is 1.47. The molecule has 0 aliphatic heterocycles. The van der Waals surface area contributed by atoms with Gasteiger partial charge in [-0.2, -0.15) is 0 Å². The molecule has 0 amide bonds. The molecule has 2 aliphatic rings. The monoisotopic (exact) mass is 278 g/mol. The summed E-state index contributed by atoms with van der Waals surface area (Å²) in [6.45, 7) is 0.979. The van der Waals surface area contributed by atoms with Crippen LogP contribution in [0.3, 0.4) is 0 Å². The van der Waals surface area contributed by atoms with Gasteiger partial charge in [-0.25, -0.2) is 4.79 Å². The van der Waals surface area contributed by atoms with Crippen molar-refractivity contribution in [2.24, 2.45) is 11.8 Å². The molecule has 20 heavy (non-hydrogen) atoms. The summed E-state index contributed by atoms with van der Waals surface area (Å²) >= 11 is 0. The van der Waals surface area contributed by atoms with E-state index in [1.807, 2.05) is 0 Å². The van der Waals surface area contributed by atoms with Crippen LogP contribution in [-0.4, -0.2) is 19.4 Å². The largest absolute Gasteiger partial charge is 0.508 e. The molecule has 0 aromatic rings. The lowest BCUT2D eigenvalue weighted by Gasteiger charge is -2.18. The first kappa shape index (κ1) is 15.1. The molecule has 0 heterocycles. The Bertz CT molecular complexity index is 314. The molecule has 0 saturated heterocycles. The van der Waals surface area contributed by atoms with E-state index in [0.717, 1.165) is 38.5 Å². The van der Waals surface area contributed by atoms with Crippen LogP contribution in [0.4, 0.5) is 4.79 Å². The van der Waals surface area contributed by atoms with Crippen LogP contribution in [0.25, 0.3) is 0 Å². The van der Waals surface area contributed by atoms with Crippen molar-refractivity contribution in [1.82, 2.24) is 0 Å². The number of allylic oxidation sites excluding steroid dienone is 4. The summed E-state index contributed by atoms with van der Waals surface area (Å²) in [4.78, 5) is 11.5. The van der Waals surface area contributed by atoms with E-state index in [9.17, 15) is 4.79 Å². The SMILES string of the molecule is O=C(OCCC1CC=CCC1)OCCC1CC=CCC1. The van der Waals surface area contributed by atoms with Crippen molar-refractivity contribution in [3.8, 4) is 0 Å². The van der Waals surface area contributed by atoms with Crippen LogP contribution in [0.15, 0.2) is 24.3 Å². The van der Waals surface area contributed by atoms with E-state index in [4.69, 9.17) is 9.47 Å². The summed E-state index contributed by atoms with van der Waals surface area (Å²) in [6, 6.07) is 0. The highest BCUT2D eigenvalue weighted by molar-refractivity contribution is 5.59. The van der Waals surface area contributed by atoms with Crippen LogP contribution in [0.5, 0.6) is 0 Å². The van der Waals surface area contributed by atoms with Gasteiger partial charge in [0.15, 0.2) is 0 Å². The van der Waals surface area contributed by atoms with Gasteiger partial charge in [-0.05, 0) is 63.2 Å². The van der Waals surface area contributed by atoms with Crippen LogP contribution in [0.2, 0.25) is 0 Å². The van der Waals surface area contributed by atoms with Gasteiger partial charge in [0.1, 0.15) is 0 Å². The Hall–Kier alpha value is -1.25. The Kier molecular flexibility index (Phi) is 6.69. The lowest BCUT2D eigenvalue weighted by molar-refractivity contribution is 0.0472. The zero-order chi connectivity index (χ0) is 14.0. The molecular formula is C17H26O3. The lowest BCUT2D eigenvalue weighted by Crippen LogP contribution is -2.14. The van der Waals surface area contributed by atoms with Gasteiger partial charge in [0.05, 0.1) is 13.2 Å². The quantitative estimate of drug-likeness (QED) is 0.525. The second-order valence-electron chi connectivity index (χ2n) is 5.83. The van der Waals surface area contributed by atoms with E-state index in [-0.39, 0.29) is 0 Å². The maximum absolute atomic E-state index is 11.5. The predicted octanol–water partition coefficient (Wildman–Crippen LogP) is 4.63. The number of ether oxygens (including phenoxy) is 2. The van der Waals surface area contributed by atoms with Crippen LogP contribution in [-0.2, 0) is 9.47 Å². The van der Waals surface area contributed by atoms with Crippen molar-refractivity contribution in [3.63, 3.8) is 0 Å². The minimum Gasteiger partial charge on any atom is -0.434 e. The highest BCUT2D eigenvalue weighted by Crippen LogP contribution is 2.22. The molecule has 0 aromatic carbocycles.